The molecule has 0 N–H and O–H groups in total. The molecule has 1 amide bonds. The number of hydrogen-bond donors (Lipinski definition) is 0. The third-order valence-corrected chi connectivity index (χ3v) is 11.2. The summed E-state index contributed by atoms with van der Waals surface area (Å²) in [6.45, 7) is 13.2. The van der Waals surface area contributed by atoms with Gasteiger partial charge in [0.15, 0.2) is 0 Å². The van der Waals surface area contributed by atoms with Crippen molar-refractivity contribution >= 4 is 32.5 Å². The number of rotatable bonds is 4. The predicted molar refractivity (Wildman–Crippen MR) is 109 cm³/mol. The fourth-order valence-corrected chi connectivity index (χ4v) is 9.06. The fraction of sp³-hybridized carbons (Fsp3) is 0.619. The van der Waals surface area contributed by atoms with E-state index in [4.69, 9.17) is 4.74 Å². The summed E-state index contributed by atoms with van der Waals surface area (Å²) < 4.78 is 5.40. The number of nitro groups is 1. The van der Waals surface area contributed by atoms with Crippen molar-refractivity contribution in [2.24, 2.45) is 10.8 Å². The van der Waals surface area contributed by atoms with Crippen LogP contribution in [0.15, 0.2) is 24.3 Å². The number of β-lactam (4-membered cyclic amide) rings is 1. The van der Waals surface area contributed by atoms with Crippen LogP contribution < -0.4 is 0 Å². The van der Waals surface area contributed by atoms with Crippen LogP contribution in [-0.4, -0.2) is 47.6 Å². The van der Waals surface area contributed by atoms with Crippen LogP contribution in [0.5, 0.6) is 0 Å². The standard InChI is InChI=1S/C21H28N2O5Se/c1-19(2,3)21(20(4,5)6)15-11-16(24)22(15)17(29-21)18(25)28-12-13-7-9-14(10-8-13)23(26)27/h7-10,15,17H,11-12H2,1-6H3/t15-,17+/m1/s1. The maximum absolute atomic E-state index is 13.0. The van der Waals surface area contributed by atoms with Crippen LogP contribution in [0.1, 0.15) is 53.5 Å². The molecule has 2 heterocycles. The Balaban J connectivity index is 1.79. The number of benzene rings is 1. The molecule has 2 aliphatic rings. The van der Waals surface area contributed by atoms with Crippen molar-refractivity contribution in [1.29, 1.82) is 0 Å². The Kier molecular flexibility index (Phi) is 5.33. The van der Waals surface area contributed by atoms with Gasteiger partial charge in [-0.05, 0) is 0 Å². The van der Waals surface area contributed by atoms with Crippen molar-refractivity contribution in [3.05, 3.63) is 39.9 Å². The van der Waals surface area contributed by atoms with E-state index < -0.39 is 9.86 Å². The van der Waals surface area contributed by atoms with Crippen molar-refractivity contribution in [3.8, 4) is 0 Å². The minimum atomic E-state index is -0.523. The first-order valence-electron chi connectivity index (χ1n) is 9.68. The summed E-state index contributed by atoms with van der Waals surface area (Å²) in [5.41, 5.74) is 0.539. The fourth-order valence-electron chi connectivity index (χ4n) is 4.96. The van der Waals surface area contributed by atoms with Crippen LogP contribution in [0.25, 0.3) is 0 Å². The predicted octanol–water partition coefficient (Wildman–Crippen LogP) is 3.53. The van der Waals surface area contributed by atoms with Gasteiger partial charge >= 0.3 is 177 Å². The van der Waals surface area contributed by atoms with Gasteiger partial charge in [0.25, 0.3) is 0 Å². The van der Waals surface area contributed by atoms with Crippen LogP contribution in [0, 0.1) is 20.9 Å². The molecule has 1 aromatic rings. The van der Waals surface area contributed by atoms with Gasteiger partial charge in [0.1, 0.15) is 0 Å². The summed E-state index contributed by atoms with van der Waals surface area (Å²) in [7, 11) is 0. The molecule has 8 heteroatoms. The molecule has 1 aromatic carbocycles. The molecule has 0 saturated carbocycles. The SMILES string of the molecule is CC(C)(C)C1(C(C)(C)C)[Se][C@@H](C(=O)OCc2ccc([N+](=O)[O-])cc2)N2C(=O)C[C@@H]21. The van der Waals surface area contributed by atoms with Crippen molar-refractivity contribution in [3.63, 3.8) is 0 Å². The average molecular weight is 467 g/mol. The molecule has 0 bridgehead atoms. The third-order valence-electron chi connectivity index (χ3n) is 5.97. The van der Waals surface area contributed by atoms with Crippen molar-refractivity contribution in [2.75, 3.05) is 0 Å². The topological polar surface area (TPSA) is 89.8 Å². The van der Waals surface area contributed by atoms with Crippen LogP contribution in [0.4, 0.5) is 5.69 Å². The van der Waals surface area contributed by atoms with Gasteiger partial charge in [-0.2, -0.15) is 0 Å². The Morgan fingerprint density at radius 1 is 1.21 bits per heavy atom. The molecule has 158 valence electrons. The number of ether oxygens (including phenoxy) is 1. The van der Waals surface area contributed by atoms with E-state index in [1.54, 1.807) is 17.0 Å². The van der Waals surface area contributed by atoms with Gasteiger partial charge in [0.2, 0.25) is 0 Å². The zero-order valence-electron chi connectivity index (χ0n) is 17.7. The third kappa shape index (κ3) is 3.46. The van der Waals surface area contributed by atoms with Gasteiger partial charge in [0.05, 0.1) is 0 Å². The van der Waals surface area contributed by atoms with E-state index in [-0.39, 0.29) is 60.3 Å². The Bertz CT molecular complexity index is 824. The molecule has 2 atom stereocenters. The average Bonchev–Trinajstić information content (AvgIpc) is 2.90. The Labute approximate surface area is 177 Å². The van der Waals surface area contributed by atoms with Crippen molar-refractivity contribution in [1.82, 2.24) is 4.90 Å². The molecule has 3 rings (SSSR count). The van der Waals surface area contributed by atoms with E-state index in [0.717, 1.165) is 0 Å². The number of hydrogen-bond acceptors (Lipinski definition) is 5. The van der Waals surface area contributed by atoms with Crippen molar-refractivity contribution in [2.45, 2.75) is 69.9 Å². The molecule has 0 aliphatic carbocycles. The van der Waals surface area contributed by atoms with E-state index in [2.05, 4.69) is 41.5 Å². The first-order chi connectivity index (χ1) is 13.3. The number of non-ortho nitro benzene ring substituents is 1. The Morgan fingerprint density at radius 2 is 1.76 bits per heavy atom. The number of nitro benzene ring substituents is 1. The number of fused-ring (bicyclic) bond motifs is 1. The maximum atomic E-state index is 13.0. The van der Waals surface area contributed by atoms with Gasteiger partial charge in [0, 0.05) is 0 Å². The summed E-state index contributed by atoms with van der Waals surface area (Å²) in [6, 6.07) is 6.01. The summed E-state index contributed by atoms with van der Waals surface area (Å²) in [4.78, 5) is 36.9. The minimum absolute atomic E-state index is 0.00615. The van der Waals surface area contributed by atoms with Gasteiger partial charge in [-0.3, -0.25) is 0 Å². The molecule has 0 radical (unpaired) electrons. The molecular formula is C21H28N2O5Se. The zero-order chi connectivity index (χ0) is 21.8. The first kappa shape index (κ1) is 21.8. The van der Waals surface area contributed by atoms with Gasteiger partial charge < -0.3 is 0 Å². The molecular weight excluding hydrogens is 439 g/mol. The number of amides is 1. The van der Waals surface area contributed by atoms with E-state index in [1.807, 2.05) is 0 Å². The zero-order valence-corrected chi connectivity index (χ0v) is 19.4. The Morgan fingerprint density at radius 3 is 2.21 bits per heavy atom. The number of carbonyl (C=O) groups is 2. The van der Waals surface area contributed by atoms with Crippen LogP contribution in [0.2, 0.25) is 4.31 Å². The number of nitrogens with zero attached hydrogens (tertiary/aromatic N) is 2. The normalized spacial score (nSPS) is 23.4. The molecule has 0 aromatic heterocycles. The summed E-state index contributed by atoms with van der Waals surface area (Å²) >= 11 is -0.146. The van der Waals surface area contributed by atoms with Gasteiger partial charge in [-0.25, -0.2) is 0 Å². The summed E-state index contributed by atoms with van der Waals surface area (Å²) in [6.07, 6.45) is 0.489. The molecule has 2 aliphatic heterocycles. The van der Waals surface area contributed by atoms with Gasteiger partial charge in [-0.1, -0.05) is 0 Å². The summed E-state index contributed by atoms with van der Waals surface area (Å²) in [5.74, 6) is -0.360. The molecule has 0 unspecified atom stereocenters. The van der Waals surface area contributed by atoms with Crippen LogP contribution >= 0.6 is 0 Å². The van der Waals surface area contributed by atoms with Crippen LogP contribution in [-0.2, 0) is 20.9 Å². The Hall–Kier alpha value is -1.92. The second-order valence-electron chi connectivity index (χ2n) is 9.76. The monoisotopic (exact) mass is 468 g/mol. The molecule has 0 spiro atoms. The summed E-state index contributed by atoms with van der Waals surface area (Å²) in [5, 5.41) is 10.8. The number of esters is 1. The molecule has 7 nitrogen and oxygen atoms in total. The van der Waals surface area contributed by atoms with Crippen LogP contribution in [0.3, 0.4) is 0 Å². The van der Waals surface area contributed by atoms with E-state index in [0.29, 0.717) is 12.0 Å². The van der Waals surface area contributed by atoms with E-state index >= 15 is 0 Å². The molecule has 2 fully saturated rings. The molecule has 2 saturated heterocycles. The van der Waals surface area contributed by atoms with Gasteiger partial charge in [-0.15, -0.1) is 0 Å². The quantitative estimate of drug-likeness (QED) is 0.222. The van der Waals surface area contributed by atoms with E-state index in [1.165, 1.54) is 12.1 Å². The molecule has 29 heavy (non-hydrogen) atoms. The number of carbonyl (C=O) groups excluding carboxylic acids is 2. The first-order valence-corrected chi connectivity index (χ1v) is 11.5. The second kappa shape index (κ2) is 7.10. The van der Waals surface area contributed by atoms with E-state index in [9.17, 15) is 19.7 Å². The van der Waals surface area contributed by atoms with Crippen molar-refractivity contribution < 1.29 is 19.2 Å². The second-order valence-corrected chi connectivity index (χ2v) is 12.5.